The van der Waals surface area contributed by atoms with Gasteiger partial charge in [-0.2, -0.15) is 0 Å². The number of ether oxygens (including phenoxy) is 4. The molecule has 3 rings (SSSR count). The molecule has 1 amide bonds. The molecule has 1 aliphatic heterocycles. The van der Waals surface area contributed by atoms with Crippen LogP contribution < -0.4 is 14.2 Å². The number of amides is 1. The Morgan fingerprint density at radius 3 is 2.38 bits per heavy atom. The number of Topliss-reactive ketones (excluding diaryl/α,β-unsaturated/α-hetero) is 1. The number of methoxy groups -OCH3 is 4. The summed E-state index contributed by atoms with van der Waals surface area (Å²) in [6, 6.07) is 8.81. The van der Waals surface area contributed by atoms with E-state index in [9.17, 15) is 14.7 Å². The minimum Gasteiger partial charge on any atom is -0.507 e. The maximum atomic E-state index is 13.1. The van der Waals surface area contributed by atoms with Crippen LogP contribution in [0.5, 0.6) is 17.2 Å². The minimum atomic E-state index is -0.945. The van der Waals surface area contributed by atoms with E-state index in [4.69, 9.17) is 30.5 Å². The smallest absolute Gasteiger partial charge is 0.295 e. The second-order valence-electron chi connectivity index (χ2n) is 6.91. The molecule has 0 aliphatic carbocycles. The molecule has 1 atom stereocenters. The first kappa shape index (κ1) is 23.4. The largest absolute Gasteiger partial charge is 0.507 e. The van der Waals surface area contributed by atoms with Gasteiger partial charge in [0.1, 0.15) is 11.5 Å². The number of benzene rings is 2. The fraction of sp³-hybridized carbons (Fsp3) is 0.304. The van der Waals surface area contributed by atoms with Crippen molar-refractivity contribution in [1.29, 1.82) is 0 Å². The molecule has 0 aromatic heterocycles. The highest BCUT2D eigenvalue weighted by molar-refractivity contribution is 6.46. The third-order valence-corrected chi connectivity index (χ3v) is 5.46. The summed E-state index contributed by atoms with van der Waals surface area (Å²) >= 11 is 6.12. The number of hydrogen-bond donors (Lipinski definition) is 1. The van der Waals surface area contributed by atoms with Crippen molar-refractivity contribution in [3.63, 3.8) is 0 Å². The van der Waals surface area contributed by atoms with Gasteiger partial charge in [-0.25, -0.2) is 0 Å². The van der Waals surface area contributed by atoms with Gasteiger partial charge in [-0.05, 0) is 24.3 Å². The normalized spacial score (nSPS) is 17.5. The number of rotatable bonds is 8. The lowest BCUT2D eigenvalue weighted by atomic mass is 9.94. The maximum absolute atomic E-state index is 13.1. The Morgan fingerprint density at radius 2 is 1.75 bits per heavy atom. The number of nitrogens with zero attached hydrogens (tertiary/aromatic N) is 1. The Morgan fingerprint density at radius 1 is 1.03 bits per heavy atom. The van der Waals surface area contributed by atoms with E-state index in [0.29, 0.717) is 27.8 Å². The second kappa shape index (κ2) is 9.93. The lowest BCUT2D eigenvalue weighted by molar-refractivity contribution is -0.140. The van der Waals surface area contributed by atoms with Gasteiger partial charge in [0, 0.05) is 24.2 Å². The van der Waals surface area contributed by atoms with Crippen LogP contribution in [0.1, 0.15) is 17.2 Å². The molecule has 2 aromatic rings. The van der Waals surface area contributed by atoms with Crippen LogP contribution in [0, 0.1) is 0 Å². The Balaban J connectivity index is 2.31. The summed E-state index contributed by atoms with van der Waals surface area (Å²) in [7, 11) is 5.87. The molecular weight excluding hydrogens is 438 g/mol. The van der Waals surface area contributed by atoms with E-state index in [2.05, 4.69) is 0 Å². The number of carbonyl (C=O) groups is 2. The van der Waals surface area contributed by atoms with Gasteiger partial charge in [0.25, 0.3) is 11.7 Å². The van der Waals surface area contributed by atoms with Crippen LogP contribution in [0.2, 0.25) is 5.02 Å². The van der Waals surface area contributed by atoms with Gasteiger partial charge >= 0.3 is 0 Å². The van der Waals surface area contributed by atoms with Crippen molar-refractivity contribution in [2.24, 2.45) is 0 Å². The second-order valence-corrected chi connectivity index (χ2v) is 7.35. The summed E-state index contributed by atoms with van der Waals surface area (Å²) in [6.45, 7) is 0.311. The zero-order valence-corrected chi connectivity index (χ0v) is 18.9. The minimum absolute atomic E-state index is 0.113. The number of aliphatic hydroxyl groups excluding tert-OH is 1. The van der Waals surface area contributed by atoms with Crippen molar-refractivity contribution in [3.05, 3.63) is 58.1 Å². The first-order valence-corrected chi connectivity index (χ1v) is 10.1. The lowest BCUT2D eigenvalue weighted by Crippen LogP contribution is -2.32. The van der Waals surface area contributed by atoms with Crippen LogP contribution in [-0.2, 0) is 14.3 Å². The van der Waals surface area contributed by atoms with Crippen LogP contribution in [0.4, 0.5) is 0 Å². The van der Waals surface area contributed by atoms with Crippen molar-refractivity contribution in [2.75, 3.05) is 41.6 Å². The SMILES string of the molecule is COCCN1C(=O)C(=O)/C(=C(/O)c2cc(Cl)ccc2OC)C1c1cccc(OC)c1OC. The molecule has 0 radical (unpaired) electrons. The van der Waals surface area contributed by atoms with Crippen LogP contribution in [0.25, 0.3) is 5.76 Å². The molecule has 1 heterocycles. The summed E-state index contributed by atoms with van der Waals surface area (Å²) in [4.78, 5) is 27.4. The van der Waals surface area contributed by atoms with E-state index in [-0.39, 0.29) is 24.3 Å². The van der Waals surface area contributed by atoms with Gasteiger partial charge in [-0.3, -0.25) is 9.59 Å². The van der Waals surface area contributed by atoms with Crippen LogP contribution in [-0.4, -0.2) is 63.3 Å². The molecule has 32 heavy (non-hydrogen) atoms. The van der Waals surface area contributed by atoms with E-state index in [1.54, 1.807) is 30.3 Å². The van der Waals surface area contributed by atoms with E-state index >= 15 is 0 Å². The highest BCUT2D eigenvalue weighted by atomic mass is 35.5. The molecule has 1 fully saturated rings. The molecule has 8 nitrogen and oxygen atoms in total. The number of ketones is 1. The van der Waals surface area contributed by atoms with Crippen molar-refractivity contribution >= 4 is 29.1 Å². The zero-order chi connectivity index (χ0) is 23.4. The molecule has 2 aromatic carbocycles. The number of likely N-dealkylation sites (tertiary alicyclic amines) is 1. The fourth-order valence-electron chi connectivity index (χ4n) is 3.76. The predicted molar refractivity (Wildman–Crippen MR) is 118 cm³/mol. The Hall–Kier alpha value is -3.23. The third kappa shape index (κ3) is 4.11. The summed E-state index contributed by atoms with van der Waals surface area (Å²) in [5, 5.41) is 11.6. The lowest BCUT2D eigenvalue weighted by Gasteiger charge is -2.27. The van der Waals surface area contributed by atoms with E-state index in [0.717, 1.165) is 0 Å². The topological polar surface area (TPSA) is 94.5 Å². The Kier molecular flexibility index (Phi) is 7.27. The molecule has 1 N–H and O–H groups in total. The number of carbonyl (C=O) groups excluding carboxylic acids is 2. The van der Waals surface area contributed by atoms with Gasteiger partial charge in [0.05, 0.1) is 45.1 Å². The third-order valence-electron chi connectivity index (χ3n) is 5.22. The molecule has 0 bridgehead atoms. The molecular formula is C23H24ClNO7. The molecule has 170 valence electrons. The highest BCUT2D eigenvalue weighted by Crippen LogP contribution is 2.46. The van der Waals surface area contributed by atoms with Crippen LogP contribution in [0.3, 0.4) is 0 Å². The average molecular weight is 462 g/mol. The van der Waals surface area contributed by atoms with Crippen molar-refractivity contribution in [2.45, 2.75) is 6.04 Å². The van der Waals surface area contributed by atoms with Crippen molar-refractivity contribution in [1.82, 2.24) is 4.90 Å². The molecule has 9 heteroatoms. The van der Waals surface area contributed by atoms with Gasteiger partial charge in [0.2, 0.25) is 0 Å². The van der Waals surface area contributed by atoms with Gasteiger partial charge in [-0.1, -0.05) is 23.7 Å². The predicted octanol–water partition coefficient (Wildman–Crippen LogP) is 3.43. The summed E-state index contributed by atoms with van der Waals surface area (Å²) in [6.07, 6.45) is 0. The standard InChI is InChI=1S/C23H24ClNO7/c1-29-11-10-25-19(14-6-5-7-17(31-3)22(14)32-4)18(21(27)23(25)28)20(26)15-12-13(24)8-9-16(15)30-2/h5-9,12,19,26H,10-11H2,1-4H3/b20-18+. The molecule has 1 aliphatic rings. The number of hydrogen-bond acceptors (Lipinski definition) is 7. The monoisotopic (exact) mass is 461 g/mol. The Bertz CT molecular complexity index is 1070. The highest BCUT2D eigenvalue weighted by Gasteiger charge is 2.47. The van der Waals surface area contributed by atoms with Crippen molar-refractivity contribution in [3.8, 4) is 17.2 Å². The van der Waals surface area contributed by atoms with E-state index < -0.39 is 23.5 Å². The first-order chi connectivity index (χ1) is 15.4. The summed E-state index contributed by atoms with van der Waals surface area (Å²) in [5.41, 5.74) is 0.555. The van der Waals surface area contributed by atoms with Crippen LogP contribution >= 0.6 is 11.6 Å². The molecule has 0 spiro atoms. The number of aliphatic hydroxyl groups is 1. The summed E-state index contributed by atoms with van der Waals surface area (Å²) in [5.74, 6) is -0.949. The molecule has 1 saturated heterocycles. The number of para-hydroxylation sites is 1. The maximum Gasteiger partial charge on any atom is 0.295 e. The first-order valence-electron chi connectivity index (χ1n) is 9.71. The molecule has 0 saturated carbocycles. The summed E-state index contributed by atoms with van der Waals surface area (Å²) < 4.78 is 21.4. The average Bonchev–Trinajstić information content (AvgIpc) is 3.06. The van der Waals surface area contributed by atoms with Crippen molar-refractivity contribution < 1.29 is 33.6 Å². The van der Waals surface area contributed by atoms with E-state index in [1.807, 2.05) is 0 Å². The van der Waals surface area contributed by atoms with Gasteiger partial charge in [0.15, 0.2) is 11.5 Å². The van der Waals surface area contributed by atoms with Crippen LogP contribution in [0.15, 0.2) is 42.0 Å². The van der Waals surface area contributed by atoms with Gasteiger partial charge < -0.3 is 29.0 Å². The number of halogens is 1. The zero-order valence-electron chi connectivity index (χ0n) is 18.2. The van der Waals surface area contributed by atoms with Gasteiger partial charge in [-0.15, -0.1) is 0 Å². The van der Waals surface area contributed by atoms with E-state index in [1.165, 1.54) is 39.4 Å². The quantitative estimate of drug-likeness (QED) is 0.365. The fourth-order valence-corrected chi connectivity index (χ4v) is 3.93. The Labute approximate surface area is 190 Å². The molecule has 1 unspecified atom stereocenters.